The lowest BCUT2D eigenvalue weighted by molar-refractivity contribution is -0.158. The number of piperazine rings is 1. The van der Waals surface area contributed by atoms with Crippen molar-refractivity contribution in [3.8, 4) is 0 Å². The van der Waals surface area contributed by atoms with Crippen LogP contribution in [-0.2, 0) is 30.5 Å². The van der Waals surface area contributed by atoms with E-state index in [1.165, 1.54) is 27.7 Å². The zero-order valence-corrected chi connectivity index (χ0v) is 24.3. The van der Waals surface area contributed by atoms with Crippen molar-refractivity contribution in [3.05, 3.63) is 16.9 Å². The molecule has 5 rings (SSSR count). The van der Waals surface area contributed by atoms with Gasteiger partial charge in [0, 0.05) is 67.8 Å². The summed E-state index contributed by atoms with van der Waals surface area (Å²) < 4.78 is 1.27. The number of tetrazole rings is 1. The smallest absolute Gasteiger partial charge is 0.353 e. The topological polar surface area (TPSA) is 209 Å². The lowest BCUT2D eigenvalue weighted by Gasteiger charge is -2.47. The largest absolute Gasteiger partial charge is 0.477 e. The molecule has 0 unspecified atom stereocenters. The number of rotatable bonds is 10. The maximum absolute atomic E-state index is 13.2. The molecule has 16 nitrogen and oxygen atoms in total. The van der Waals surface area contributed by atoms with E-state index in [0.717, 1.165) is 0 Å². The Balaban J connectivity index is 1.18. The minimum absolute atomic E-state index is 0.000202. The highest BCUT2D eigenvalue weighted by Crippen LogP contribution is 2.51. The second-order valence-electron chi connectivity index (χ2n) is 11.1. The summed E-state index contributed by atoms with van der Waals surface area (Å²) in [6, 6.07) is -1.31. The standard InChI is InChI=1S/C25H36N10O6S/c1-13-20-19(14(2)29-17(36)11-34-12-28-30-31-34)24(39)35(20)21(25(40)41)22(13)42-15-9-16(27-10-15)23(38)33-7-5-32(6-8-33)18(37)3-4-26/h12-16,19-20,27H,3-11,26H2,1-2H3,(H,29,36)(H,40,41)/t13-,14-,15+,16+,19-,20-/m1/s1. The molecule has 17 heteroatoms. The molecule has 5 N–H and O–H groups in total. The molecule has 3 fully saturated rings. The summed E-state index contributed by atoms with van der Waals surface area (Å²) in [4.78, 5) is 68.7. The molecule has 0 saturated carbocycles. The summed E-state index contributed by atoms with van der Waals surface area (Å²) in [6.45, 7) is 6.23. The van der Waals surface area contributed by atoms with Gasteiger partial charge in [0.05, 0.1) is 18.0 Å². The predicted molar refractivity (Wildman–Crippen MR) is 148 cm³/mol. The van der Waals surface area contributed by atoms with Crippen LogP contribution in [0.4, 0.5) is 0 Å². The number of carbonyl (C=O) groups is 5. The number of hydrogen-bond donors (Lipinski definition) is 4. The molecule has 4 amide bonds. The van der Waals surface area contributed by atoms with Gasteiger partial charge in [-0.05, 0) is 23.8 Å². The van der Waals surface area contributed by atoms with E-state index in [9.17, 15) is 29.1 Å². The number of carboxylic acids is 1. The normalized spacial score (nSPS) is 28.0. The van der Waals surface area contributed by atoms with E-state index < -0.39 is 24.0 Å². The predicted octanol–water partition coefficient (Wildman–Crippen LogP) is -2.57. The van der Waals surface area contributed by atoms with Gasteiger partial charge in [0.25, 0.3) is 0 Å². The van der Waals surface area contributed by atoms with E-state index in [1.807, 2.05) is 6.92 Å². The van der Waals surface area contributed by atoms with Crippen LogP contribution in [0.25, 0.3) is 0 Å². The number of aliphatic carboxylic acids is 1. The number of thioether (sulfide) groups is 1. The van der Waals surface area contributed by atoms with Crippen LogP contribution in [0.3, 0.4) is 0 Å². The van der Waals surface area contributed by atoms with Crippen molar-refractivity contribution in [2.45, 2.75) is 56.6 Å². The second-order valence-corrected chi connectivity index (χ2v) is 12.4. The molecule has 4 aliphatic rings. The number of aromatic nitrogens is 4. The lowest BCUT2D eigenvalue weighted by atomic mass is 9.78. The number of nitrogens with two attached hydrogens (primary N) is 1. The average molecular weight is 605 g/mol. The minimum atomic E-state index is -1.17. The Morgan fingerprint density at radius 2 is 1.93 bits per heavy atom. The van der Waals surface area contributed by atoms with Gasteiger partial charge in [-0.1, -0.05) is 6.92 Å². The summed E-state index contributed by atoms with van der Waals surface area (Å²) in [7, 11) is 0. The van der Waals surface area contributed by atoms with Gasteiger partial charge in [-0.2, -0.15) is 0 Å². The summed E-state index contributed by atoms with van der Waals surface area (Å²) in [5, 5.41) is 26.8. The molecule has 1 aromatic rings. The van der Waals surface area contributed by atoms with Crippen molar-refractivity contribution in [2.24, 2.45) is 17.6 Å². The summed E-state index contributed by atoms with van der Waals surface area (Å²) >= 11 is 1.41. The third kappa shape index (κ3) is 5.72. The summed E-state index contributed by atoms with van der Waals surface area (Å²) in [5.41, 5.74) is 5.47. The number of amides is 4. The highest BCUT2D eigenvalue weighted by atomic mass is 32.2. The minimum Gasteiger partial charge on any atom is -0.477 e. The number of β-lactam (4-membered cyclic amide) rings is 1. The first kappa shape index (κ1) is 29.9. The third-order valence-corrected chi connectivity index (χ3v) is 9.91. The zero-order valence-electron chi connectivity index (χ0n) is 23.5. The Kier molecular flexibility index (Phi) is 8.79. The van der Waals surface area contributed by atoms with Crippen molar-refractivity contribution in [3.63, 3.8) is 0 Å². The molecule has 0 radical (unpaired) electrons. The molecule has 5 heterocycles. The van der Waals surface area contributed by atoms with Crippen molar-refractivity contribution in [1.82, 2.24) is 45.5 Å². The van der Waals surface area contributed by atoms with Gasteiger partial charge < -0.3 is 36.2 Å². The van der Waals surface area contributed by atoms with Crippen molar-refractivity contribution >= 4 is 41.4 Å². The van der Waals surface area contributed by atoms with Crippen LogP contribution >= 0.6 is 11.8 Å². The molecule has 42 heavy (non-hydrogen) atoms. The van der Waals surface area contributed by atoms with Crippen molar-refractivity contribution in [1.29, 1.82) is 0 Å². The Hall–Kier alpha value is -3.57. The maximum Gasteiger partial charge on any atom is 0.353 e. The lowest BCUT2D eigenvalue weighted by Crippen LogP contribution is -2.66. The number of carbonyl (C=O) groups excluding carboxylic acids is 4. The summed E-state index contributed by atoms with van der Waals surface area (Å²) in [5.74, 6) is -2.72. The van der Waals surface area contributed by atoms with E-state index in [-0.39, 0.29) is 53.1 Å². The number of nitrogens with zero attached hydrogens (tertiary/aromatic N) is 7. The number of fused-ring (bicyclic) bond motifs is 1. The molecule has 4 aliphatic heterocycles. The zero-order chi connectivity index (χ0) is 30.1. The Bertz CT molecular complexity index is 1270. The van der Waals surface area contributed by atoms with Crippen LogP contribution in [0, 0.1) is 11.8 Å². The van der Waals surface area contributed by atoms with E-state index in [0.29, 0.717) is 57.0 Å². The van der Waals surface area contributed by atoms with Gasteiger partial charge in [-0.3, -0.25) is 19.2 Å². The van der Waals surface area contributed by atoms with E-state index >= 15 is 0 Å². The van der Waals surface area contributed by atoms with Gasteiger partial charge in [0.15, 0.2) is 0 Å². The molecule has 0 spiro atoms. The Labute approximate surface area is 246 Å². The molecule has 1 aromatic heterocycles. The van der Waals surface area contributed by atoms with Crippen LogP contribution in [0.5, 0.6) is 0 Å². The molecule has 228 valence electrons. The monoisotopic (exact) mass is 604 g/mol. The molecular formula is C25H36N10O6S. The Morgan fingerprint density at radius 3 is 2.57 bits per heavy atom. The van der Waals surface area contributed by atoms with Crippen LogP contribution in [-0.4, -0.2) is 132 Å². The van der Waals surface area contributed by atoms with E-state index in [4.69, 9.17) is 5.73 Å². The number of nitrogens with one attached hydrogen (secondary N) is 2. The van der Waals surface area contributed by atoms with Crippen LogP contribution in [0.2, 0.25) is 0 Å². The SMILES string of the molecule is C[C@@H](NC(=O)Cn1cnnn1)[C@H]1C(=O)N2C(C(=O)O)=C(S[C@@H]3CN[C@H](C(=O)N4CCN(C(=O)CCN)CC4)C3)[C@H](C)[C@H]12. The van der Waals surface area contributed by atoms with Gasteiger partial charge in [-0.15, -0.1) is 16.9 Å². The highest BCUT2D eigenvalue weighted by molar-refractivity contribution is 8.03. The van der Waals surface area contributed by atoms with Gasteiger partial charge in [0.2, 0.25) is 23.6 Å². The second kappa shape index (κ2) is 12.3. The fourth-order valence-corrected chi connectivity index (χ4v) is 7.80. The molecule has 0 aromatic carbocycles. The molecule has 0 bridgehead atoms. The van der Waals surface area contributed by atoms with Crippen molar-refractivity contribution < 1.29 is 29.1 Å². The molecular weight excluding hydrogens is 568 g/mol. The van der Waals surface area contributed by atoms with Crippen LogP contribution in [0.1, 0.15) is 26.7 Å². The van der Waals surface area contributed by atoms with Crippen LogP contribution < -0.4 is 16.4 Å². The fraction of sp³-hybridized carbons (Fsp3) is 0.680. The maximum atomic E-state index is 13.2. The highest BCUT2D eigenvalue weighted by Gasteiger charge is 2.60. The first-order valence-electron chi connectivity index (χ1n) is 14.1. The fourth-order valence-electron chi connectivity index (χ4n) is 6.32. The van der Waals surface area contributed by atoms with E-state index in [2.05, 4.69) is 26.2 Å². The van der Waals surface area contributed by atoms with Crippen molar-refractivity contribution in [2.75, 3.05) is 39.3 Å². The van der Waals surface area contributed by atoms with Gasteiger partial charge in [-0.25, -0.2) is 9.48 Å². The quantitative estimate of drug-likeness (QED) is 0.203. The summed E-state index contributed by atoms with van der Waals surface area (Å²) in [6.07, 6.45) is 2.13. The van der Waals surface area contributed by atoms with Crippen LogP contribution in [0.15, 0.2) is 16.9 Å². The number of hydrogen-bond acceptors (Lipinski definition) is 11. The molecule has 3 saturated heterocycles. The van der Waals surface area contributed by atoms with Gasteiger partial charge >= 0.3 is 5.97 Å². The number of carboxylic acid groups (broad SMARTS) is 1. The average Bonchev–Trinajstić information content (AvgIpc) is 3.69. The van der Waals surface area contributed by atoms with Gasteiger partial charge in [0.1, 0.15) is 18.6 Å². The third-order valence-electron chi connectivity index (χ3n) is 8.40. The van der Waals surface area contributed by atoms with E-state index in [1.54, 1.807) is 16.7 Å². The first-order valence-corrected chi connectivity index (χ1v) is 15.0. The molecule has 0 aliphatic carbocycles. The molecule has 6 atom stereocenters. The first-order chi connectivity index (χ1) is 20.1. The Morgan fingerprint density at radius 1 is 1.21 bits per heavy atom.